The van der Waals surface area contributed by atoms with Gasteiger partial charge in [-0.25, -0.2) is 0 Å². The molecule has 0 amide bonds. The van der Waals surface area contributed by atoms with Crippen molar-refractivity contribution < 1.29 is 42.1 Å². The molecule has 4 heteroatoms. The fourth-order valence-electron chi connectivity index (χ4n) is 0.242. The van der Waals surface area contributed by atoms with Crippen LogP contribution in [0, 0.1) is 12.4 Å². The van der Waals surface area contributed by atoms with Gasteiger partial charge in [-0.15, -0.1) is 11.1 Å². The molecule has 0 aliphatic carbocycles. The van der Waals surface area contributed by atoms with E-state index in [2.05, 4.69) is 10.5 Å². The molecule has 0 saturated heterocycles. The number of hydrogen-bond donors (Lipinski definition) is 0. The maximum atomic E-state index is 3.72. The molecule has 0 radical (unpaired) electrons. The molecule has 0 fully saturated rings. The van der Waals surface area contributed by atoms with Gasteiger partial charge in [0.05, 0.1) is 0 Å². The Morgan fingerprint density at radius 2 is 2.25 bits per heavy atom. The van der Waals surface area contributed by atoms with E-state index in [4.69, 9.17) is 0 Å². The Labute approximate surface area is 81.4 Å². The number of nitrogens with zero attached hydrogens (tertiary/aromatic N) is 1. The number of hydrogen-bond acceptors (Lipinski definition) is 2. The molecule has 1 rings (SSSR count). The topological polar surface area (TPSA) is 12.9 Å². The Bertz CT molecular complexity index is 118. The molecule has 0 unspecified atom stereocenters. The molecule has 44 valence electrons. The van der Waals surface area contributed by atoms with Crippen molar-refractivity contribution in [2.45, 2.75) is 6.92 Å². The maximum absolute atomic E-state index is 3.72. The third kappa shape index (κ3) is 3.94. The largest absolute Gasteiger partial charge is 0.394 e. The quantitative estimate of drug-likeness (QED) is 0.526. The van der Waals surface area contributed by atoms with Gasteiger partial charge >= 0.3 is 0 Å². The van der Waals surface area contributed by atoms with Crippen molar-refractivity contribution in [3.63, 3.8) is 0 Å². The maximum Gasteiger partial charge on any atom is 0 e. The van der Waals surface area contributed by atoms with E-state index in [0.29, 0.717) is 0 Å². The van der Waals surface area contributed by atoms with Gasteiger partial charge in [0, 0.05) is 42.1 Å². The minimum atomic E-state index is 0. The smallest absolute Gasteiger partial charge is 0 e. The molecule has 0 saturated carbocycles. The number of rotatable bonds is 0. The van der Waals surface area contributed by atoms with Gasteiger partial charge in [-0.05, 0) is 5.51 Å². The van der Waals surface area contributed by atoms with Crippen molar-refractivity contribution >= 4 is 11.3 Å². The van der Waals surface area contributed by atoms with Gasteiger partial charge in [-0.3, -0.25) is 11.3 Å². The standard InChI is InChI=1S/C4H4NS.2W/c1-4-2-5-3-6-4;;/h2H,1H3;;/q-1;;. The normalized spacial score (nSPS) is 6.62. The van der Waals surface area contributed by atoms with E-state index in [0.717, 1.165) is 0 Å². The molecule has 1 aromatic heterocycles. The summed E-state index contributed by atoms with van der Waals surface area (Å²) in [6, 6.07) is 0. The first kappa shape index (κ1) is 11.8. The predicted molar refractivity (Wildman–Crippen MR) is 25.7 cm³/mol. The van der Waals surface area contributed by atoms with Gasteiger partial charge in [-0.1, -0.05) is 6.92 Å². The molecule has 1 heterocycles. The predicted octanol–water partition coefficient (Wildman–Crippen LogP) is 1.25. The molecule has 0 aliphatic heterocycles. The molecular weight excluding hydrogens is 462 g/mol. The first-order chi connectivity index (χ1) is 2.89. The molecule has 0 bridgehead atoms. The molecule has 0 spiro atoms. The van der Waals surface area contributed by atoms with E-state index in [9.17, 15) is 0 Å². The molecule has 0 aliphatic rings. The van der Waals surface area contributed by atoms with E-state index < -0.39 is 0 Å². The van der Waals surface area contributed by atoms with E-state index in [1.807, 2.05) is 6.92 Å². The average Bonchev–Trinajstić information content (AvgIpc) is 1.86. The second kappa shape index (κ2) is 6.13. The van der Waals surface area contributed by atoms with E-state index >= 15 is 0 Å². The van der Waals surface area contributed by atoms with E-state index in [1.165, 1.54) is 4.88 Å². The van der Waals surface area contributed by atoms with Crippen LogP contribution >= 0.6 is 11.3 Å². The van der Waals surface area contributed by atoms with Gasteiger partial charge in [-0.2, -0.15) is 0 Å². The van der Waals surface area contributed by atoms with Crippen LogP contribution in [-0.2, 0) is 42.1 Å². The SMILES string of the molecule is Cc1cn[c-]s1.[W].[W]. The zero-order chi connectivity index (χ0) is 4.41. The van der Waals surface area contributed by atoms with E-state index in [-0.39, 0.29) is 42.1 Å². The molecule has 8 heavy (non-hydrogen) atoms. The van der Waals surface area contributed by atoms with Crippen LogP contribution in [0.15, 0.2) is 6.20 Å². The summed E-state index contributed by atoms with van der Waals surface area (Å²) in [5.74, 6) is 0. The summed E-state index contributed by atoms with van der Waals surface area (Å²) in [5.41, 5.74) is 2.72. The molecular formula is C4H4NSW2-. The fraction of sp³-hybridized carbons (Fsp3) is 0.250. The van der Waals surface area contributed by atoms with Gasteiger partial charge < -0.3 is 4.98 Å². The average molecular weight is 466 g/mol. The summed E-state index contributed by atoms with van der Waals surface area (Å²) in [5, 5.41) is 0. The Morgan fingerprint density at radius 3 is 2.38 bits per heavy atom. The van der Waals surface area contributed by atoms with Crippen LogP contribution in [0.25, 0.3) is 0 Å². The first-order valence-corrected chi connectivity index (χ1v) is 2.50. The molecule has 1 nitrogen and oxygen atoms in total. The Morgan fingerprint density at radius 1 is 1.62 bits per heavy atom. The van der Waals surface area contributed by atoms with Crippen molar-refractivity contribution in [1.29, 1.82) is 0 Å². The minimum Gasteiger partial charge on any atom is -0.394 e. The zero-order valence-electron chi connectivity index (χ0n) is 4.25. The molecule has 1 aromatic rings. The Hall–Kier alpha value is 1.01. The van der Waals surface area contributed by atoms with Gasteiger partial charge in [0.2, 0.25) is 0 Å². The van der Waals surface area contributed by atoms with Gasteiger partial charge in [0.15, 0.2) is 0 Å². The monoisotopic (exact) mass is 466 g/mol. The Kier molecular flexibility index (Phi) is 9.01. The summed E-state index contributed by atoms with van der Waals surface area (Å²) < 4.78 is 0. The van der Waals surface area contributed by atoms with Crippen molar-refractivity contribution in [3.8, 4) is 0 Å². The Balaban J connectivity index is 0. The zero-order valence-corrected chi connectivity index (χ0v) is 10.9. The first-order valence-electron chi connectivity index (χ1n) is 1.68. The van der Waals surface area contributed by atoms with Gasteiger partial charge in [0.25, 0.3) is 0 Å². The van der Waals surface area contributed by atoms with Crippen molar-refractivity contribution in [1.82, 2.24) is 4.98 Å². The molecule has 0 atom stereocenters. The van der Waals surface area contributed by atoms with Crippen LogP contribution in [0.4, 0.5) is 0 Å². The van der Waals surface area contributed by atoms with Crippen LogP contribution in [0.2, 0.25) is 0 Å². The number of aryl methyl sites for hydroxylation is 1. The number of thiazole rings is 1. The van der Waals surface area contributed by atoms with Crippen LogP contribution in [-0.4, -0.2) is 4.98 Å². The van der Waals surface area contributed by atoms with Crippen molar-refractivity contribution in [2.75, 3.05) is 0 Å². The summed E-state index contributed by atoms with van der Waals surface area (Å²) in [6.45, 7) is 2.01. The third-order valence-electron chi connectivity index (χ3n) is 0.506. The van der Waals surface area contributed by atoms with Gasteiger partial charge in [0.1, 0.15) is 0 Å². The van der Waals surface area contributed by atoms with Crippen LogP contribution in [0.3, 0.4) is 0 Å². The summed E-state index contributed by atoms with van der Waals surface area (Å²) in [7, 11) is 0. The van der Waals surface area contributed by atoms with Crippen molar-refractivity contribution in [3.05, 3.63) is 16.6 Å². The third-order valence-corrected chi connectivity index (χ3v) is 1.13. The van der Waals surface area contributed by atoms with Crippen molar-refractivity contribution in [2.24, 2.45) is 0 Å². The summed E-state index contributed by atoms with van der Waals surface area (Å²) in [4.78, 5) is 4.93. The number of aromatic nitrogens is 1. The second-order valence-electron chi connectivity index (χ2n) is 1.06. The molecule has 0 N–H and O–H groups in total. The summed E-state index contributed by atoms with van der Waals surface area (Å²) >= 11 is 1.54. The minimum absolute atomic E-state index is 0. The van der Waals surface area contributed by atoms with Crippen LogP contribution in [0.5, 0.6) is 0 Å². The van der Waals surface area contributed by atoms with E-state index in [1.54, 1.807) is 17.5 Å². The summed E-state index contributed by atoms with van der Waals surface area (Å²) in [6.07, 6.45) is 1.80. The van der Waals surface area contributed by atoms with Crippen LogP contribution < -0.4 is 0 Å². The van der Waals surface area contributed by atoms with Crippen LogP contribution in [0.1, 0.15) is 4.88 Å². The second-order valence-corrected chi connectivity index (χ2v) is 2.09. The fourth-order valence-corrected chi connectivity index (χ4v) is 0.597. The molecule has 0 aromatic carbocycles.